The molecular weight excluding hydrogens is 239 g/mol. The molecule has 0 aliphatic carbocycles. The Labute approximate surface area is 97.0 Å². The van der Waals surface area contributed by atoms with Crippen molar-refractivity contribution in [3.63, 3.8) is 0 Å². The molecule has 0 radical (unpaired) electrons. The summed E-state index contributed by atoms with van der Waals surface area (Å²) < 4.78 is 37.5. The summed E-state index contributed by atoms with van der Waals surface area (Å²) in [6.07, 6.45) is -2.55. The van der Waals surface area contributed by atoms with E-state index in [4.69, 9.17) is 10.2 Å². The molecule has 0 bridgehead atoms. The average Bonchev–Trinajstić information content (AvgIpc) is 2.24. The van der Waals surface area contributed by atoms with Gasteiger partial charge in [-0.15, -0.1) is 0 Å². The third kappa shape index (κ3) is 3.85. The first-order valence-corrected chi connectivity index (χ1v) is 5.50. The van der Waals surface area contributed by atoms with E-state index in [0.717, 1.165) is 12.8 Å². The molecule has 7 heteroatoms. The lowest BCUT2D eigenvalue weighted by molar-refractivity contribution is -0.198. The molecule has 0 aromatic rings. The molecule has 1 rings (SSSR count). The predicted molar refractivity (Wildman–Crippen MR) is 53.5 cm³/mol. The Morgan fingerprint density at radius 3 is 2.53 bits per heavy atom. The lowest BCUT2D eigenvalue weighted by Gasteiger charge is -2.36. The van der Waals surface area contributed by atoms with E-state index in [2.05, 4.69) is 0 Å². The van der Waals surface area contributed by atoms with E-state index in [9.17, 15) is 18.0 Å². The van der Waals surface area contributed by atoms with Crippen molar-refractivity contribution in [3.8, 4) is 0 Å². The molecule has 1 aliphatic heterocycles. The number of carbonyl (C=O) groups is 1. The number of hydrogen-bond acceptors (Lipinski definition) is 3. The number of likely N-dealkylation sites (tertiary alicyclic amines) is 1. The molecule has 1 heterocycles. The molecule has 0 spiro atoms. The van der Waals surface area contributed by atoms with E-state index in [0.29, 0.717) is 13.0 Å². The zero-order valence-electron chi connectivity index (χ0n) is 9.28. The summed E-state index contributed by atoms with van der Waals surface area (Å²) in [5, 5.41) is 17.6. The summed E-state index contributed by atoms with van der Waals surface area (Å²) >= 11 is 0. The molecule has 1 aliphatic rings. The third-order valence-corrected chi connectivity index (χ3v) is 3.07. The molecule has 100 valence electrons. The summed E-state index contributed by atoms with van der Waals surface area (Å²) in [6.45, 7) is -0.403. The maximum absolute atomic E-state index is 12.5. The zero-order valence-corrected chi connectivity index (χ0v) is 9.28. The van der Waals surface area contributed by atoms with E-state index in [1.807, 2.05) is 0 Å². The Morgan fingerprint density at radius 1 is 1.41 bits per heavy atom. The van der Waals surface area contributed by atoms with Crippen LogP contribution in [0.5, 0.6) is 0 Å². The van der Waals surface area contributed by atoms with E-state index >= 15 is 0 Å². The first kappa shape index (κ1) is 14.2. The minimum atomic E-state index is -4.75. The Morgan fingerprint density at radius 2 is 2.06 bits per heavy atom. The molecule has 2 unspecified atom stereocenters. The molecule has 0 amide bonds. The van der Waals surface area contributed by atoms with Gasteiger partial charge >= 0.3 is 12.1 Å². The number of aliphatic hydroxyl groups is 1. The molecule has 1 saturated heterocycles. The van der Waals surface area contributed by atoms with E-state index in [1.165, 1.54) is 4.90 Å². The van der Waals surface area contributed by atoms with E-state index < -0.39 is 24.6 Å². The second kappa shape index (κ2) is 5.68. The smallest absolute Gasteiger partial charge is 0.403 e. The van der Waals surface area contributed by atoms with Crippen molar-refractivity contribution in [2.75, 3.05) is 19.7 Å². The number of alkyl halides is 3. The van der Waals surface area contributed by atoms with Crippen LogP contribution in [0.2, 0.25) is 0 Å². The highest BCUT2D eigenvalue weighted by Crippen LogP contribution is 2.29. The number of halogens is 3. The second-order valence-electron chi connectivity index (χ2n) is 4.26. The van der Waals surface area contributed by atoms with Crippen LogP contribution in [0.4, 0.5) is 13.2 Å². The molecule has 0 aromatic heterocycles. The quantitative estimate of drug-likeness (QED) is 0.789. The largest absolute Gasteiger partial charge is 0.481 e. The van der Waals surface area contributed by atoms with Crippen molar-refractivity contribution in [2.24, 2.45) is 5.92 Å². The predicted octanol–water partition coefficient (Wildman–Crippen LogP) is 1.10. The topological polar surface area (TPSA) is 60.8 Å². The van der Waals surface area contributed by atoms with E-state index in [-0.39, 0.29) is 12.6 Å². The fraction of sp³-hybridized carbons (Fsp3) is 0.900. The first-order chi connectivity index (χ1) is 7.86. The SMILES string of the molecule is O=C(O)C(CN1CCCCC1CO)C(F)(F)F. The number of carboxylic acids is 1. The summed E-state index contributed by atoms with van der Waals surface area (Å²) in [5.41, 5.74) is 0. The number of aliphatic hydroxyl groups excluding tert-OH is 1. The van der Waals surface area contributed by atoms with Gasteiger partial charge in [-0.25, -0.2) is 0 Å². The molecule has 4 nitrogen and oxygen atoms in total. The number of carboxylic acid groups (broad SMARTS) is 1. The van der Waals surface area contributed by atoms with Gasteiger partial charge in [-0.1, -0.05) is 6.42 Å². The number of piperidine rings is 1. The van der Waals surface area contributed by atoms with Crippen molar-refractivity contribution >= 4 is 5.97 Å². The van der Waals surface area contributed by atoms with Crippen molar-refractivity contribution < 1.29 is 28.2 Å². The van der Waals surface area contributed by atoms with Gasteiger partial charge in [-0.05, 0) is 19.4 Å². The van der Waals surface area contributed by atoms with Gasteiger partial charge in [0, 0.05) is 12.6 Å². The lowest BCUT2D eigenvalue weighted by Crippen LogP contribution is -2.48. The number of rotatable bonds is 4. The maximum Gasteiger partial charge on any atom is 0.403 e. The van der Waals surface area contributed by atoms with Crippen LogP contribution in [0.25, 0.3) is 0 Å². The highest BCUT2D eigenvalue weighted by atomic mass is 19.4. The van der Waals surface area contributed by atoms with Crippen LogP contribution in [0, 0.1) is 5.92 Å². The summed E-state index contributed by atoms with van der Waals surface area (Å²) in [4.78, 5) is 12.0. The van der Waals surface area contributed by atoms with Gasteiger partial charge < -0.3 is 10.2 Å². The molecule has 17 heavy (non-hydrogen) atoms. The minimum Gasteiger partial charge on any atom is -0.481 e. The molecule has 2 atom stereocenters. The van der Waals surface area contributed by atoms with Gasteiger partial charge in [0.15, 0.2) is 5.92 Å². The summed E-state index contributed by atoms with van der Waals surface area (Å²) in [5.74, 6) is -4.24. The van der Waals surface area contributed by atoms with Crippen LogP contribution in [0.3, 0.4) is 0 Å². The molecule has 0 aromatic carbocycles. The number of hydrogen-bond donors (Lipinski definition) is 2. The summed E-state index contributed by atoms with van der Waals surface area (Å²) in [7, 11) is 0. The monoisotopic (exact) mass is 255 g/mol. The lowest BCUT2D eigenvalue weighted by atomic mass is 10.00. The Balaban J connectivity index is 2.68. The molecule has 0 saturated carbocycles. The van der Waals surface area contributed by atoms with Crippen molar-refractivity contribution in [1.82, 2.24) is 4.90 Å². The van der Waals surface area contributed by atoms with Gasteiger partial charge in [-0.3, -0.25) is 9.69 Å². The number of aliphatic carboxylic acids is 1. The Kier molecular flexibility index (Phi) is 4.76. The van der Waals surface area contributed by atoms with Crippen LogP contribution < -0.4 is 0 Å². The third-order valence-electron chi connectivity index (χ3n) is 3.07. The minimum absolute atomic E-state index is 0.232. The van der Waals surface area contributed by atoms with Crippen molar-refractivity contribution in [2.45, 2.75) is 31.5 Å². The highest BCUT2D eigenvalue weighted by molar-refractivity contribution is 5.71. The zero-order chi connectivity index (χ0) is 13.1. The Hall–Kier alpha value is -0.820. The molecule has 1 fully saturated rings. The molecular formula is C10H16F3NO3. The van der Waals surface area contributed by atoms with Gasteiger partial charge in [0.05, 0.1) is 6.61 Å². The maximum atomic E-state index is 12.5. The fourth-order valence-electron chi connectivity index (χ4n) is 2.06. The van der Waals surface area contributed by atoms with Crippen molar-refractivity contribution in [3.05, 3.63) is 0 Å². The second-order valence-corrected chi connectivity index (χ2v) is 4.26. The van der Waals surface area contributed by atoms with E-state index in [1.54, 1.807) is 0 Å². The van der Waals surface area contributed by atoms with Crippen LogP contribution in [0.15, 0.2) is 0 Å². The fourth-order valence-corrected chi connectivity index (χ4v) is 2.06. The van der Waals surface area contributed by atoms with Crippen molar-refractivity contribution in [1.29, 1.82) is 0 Å². The first-order valence-electron chi connectivity index (χ1n) is 5.50. The average molecular weight is 255 g/mol. The van der Waals surface area contributed by atoms with Gasteiger partial charge in [0.25, 0.3) is 0 Å². The van der Waals surface area contributed by atoms with Gasteiger partial charge in [-0.2, -0.15) is 13.2 Å². The van der Waals surface area contributed by atoms with Crippen LogP contribution in [0.1, 0.15) is 19.3 Å². The number of nitrogens with zero attached hydrogens (tertiary/aromatic N) is 1. The Bertz CT molecular complexity index is 270. The van der Waals surface area contributed by atoms with Crippen LogP contribution >= 0.6 is 0 Å². The van der Waals surface area contributed by atoms with Crippen LogP contribution in [-0.4, -0.2) is 53.0 Å². The van der Waals surface area contributed by atoms with Crippen LogP contribution in [-0.2, 0) is 4.79 Å². The van der Waals surface area contributed by atoms with Gasteiger partial charge in [0.2, 0.25) is 0 Å². The standard InChI is InChI=1S/C10H16F3NO3/c11-10(12,13)8(9(16)17)5-14-4-2-1-3-7(14)6-15/h7-8,15H,1-6H2,(H,16,17). The normalized spacial score (nSPS) is 24.6. The van der Waals surface area contributed by atoms with Gasteiger partial charge in [0.1, 0.15) is 0 Å². The summed E-state index contributed by atoms with van der Waals surface area (Å²) in [6, 6.07) is -0.354. The molecule has 2 N–H and O–H groups in total. The highest BCUT2D eigenvalue weighted by Gasteiger charge is 2.46.